The SMILES string of the molecule is CCc1ccccc1N(CC(=O)NC(C)C)S(=O)(=O)c1ccc(C)cc1. The van der Waals surface area contributed by atoms with Crippen molar-refractivity contribution in [1.29, 1.82) is 0 Å². The molecule has 6 heteroatoms. The number of rotatable bonds is 7. The first kappa shape index (κ1) is 20.0. The lowest BCUT2D eigenvalue weighted by Crippen LogP contribution is -2.43. The van der Waals surface area contributed by atoms with Gasteiger partial charge in [0, 0.05) is 6.04 Å². The molecule has 0 saturated carbocycles. The number of carbonyl (C=O) groups is 1. The maximum Gasteiger partial charge on any atom is 0.264 e. The molecule has 0 spiro atoms. The summed E-state index contributed by atoms with van der Waals surface area (Å²) in [6.45, 7) is 7.29. The Hall–Kier alpha value is -2.34. The van der Waals surface area contributed by atoms with Crippen molar-refractivity contribution in [1.82, 2.24) is 5.32 Å². The summed E-state index contributed by atoms with van der Waals surface area (Å²) >= 11 is 0. The minimum absolute atomic E-state index is 0.0622. The second-order valence-corrected chi connectivity index (χ2v) is 8.39. The lowest BCUT2D eigenvalue weighted by Gasteiger charge is -2.26. The summed E-state index contributed by atoms with van der Waals surface area (Å²) in [5.74, 6) is -0.332. The normalized spacial score (nSPS) is 11.4. The van der Waals surface area contributed by atoms with E-state index in [1.165, 1.54) is 4.31 Å². The van der Waals surface area contributed by atoms with Crippen molar-refractivity contribution >= 4 is 21.6 Å². The van der Waals surface area contributed by atoms with E-state index in [1.54, 1.807) is 36.4 Å². The van der Waals surface area contributed by atoms with Crippen LogP contribution in [0.1, 0.15) is 31.9 Å². The van der Waals surface area contributed by atoms with Gasteiger partial charge in [-0.3, -0.25) is 9.10 Å². The molecule has 0 heterocycles. The van der Waals surface area contributed by atoms with E-state index in [0.717, 1.165) is 11.1 Å². The van der Waals surface area contributed by atoms with E-state index in [1.807, 2.05) is 39.8 Å². The van der Waals surface area contributed by atoms with Crippen molar-refractivity contribution in [3.05, 3.63) is 59.7 Å². The number of anilines is 1. The molecule has 0 unspecified atom stereocenters. The van der Waals surface area contributed by atoms with E-state index in [0.29, 0.717) is 12.1 Å². The van der Waals surface area contributed by atoms with E-state index in [2.05, 4.69) is 5.32 Å². The van der Waals surface area contributed by atoms with E-state index >= 15 is 0 Å². The maximum absolute atomic E-state index is 13.3. The van der Waals surface area contributed by atoms with Crippen LogP contribution in [0.25, 0.3) is 0 Å². The highest BCUT2D eigenvalue weighted by Gasteiger charge is 2.28. The second kappa shape index (κ2) is 8.36. The Kier molecular flexibility index (Phi) is 6.42. The van der Waals surface area contributed by atoms with E-state index in [9.17, 15) is 13.2 Å². The molecule has 0 fully saturated rings. The van der Waals surface area contributed by atoms with Gasteiger partial charge in [0.2, 0.25) is 5.91 Å². The molecule has 0 saturated heterocycles. The summed E-state index contributed by atoms with van der Waals surface area (Å²) in [6.07, 6.45) is 0.669. The lowest BCUT2D eigenvalue weighted by molar-refractivity contribution is -0.120. The van der Waals surface area contributed by atoms with Gasteiger partial charge in [-0.15, -0.1) is 0 Å². The van der Waals surface area contributed by atoms with Crippen LogP contribution in [0.5, 0.6) is 0 Å². The topological polar surface area (TPSA) is 66.5 Å². The summed E-state index contributed by atoms with van der Waals surface area (Å²) in [5.41, 5.74) is 2.39. The number of amides is 1. The smallest absolute Gasteiger partial charge is 0.264 e. The zero-order valence-corrected chi connectivity index (χ0v) is 16.5. The Bertz CT molecular complexity index is 859. The van der Waals surface area contributed by atoms with Gasteiger partial charge in [-0.2, -0.15) is 0 Å². The molecule has 1 N–H and O–H groups in total. The van der Waals surface area contributed by atoms with Crippen LogP contribution >= 0.6 is 0 Å². The van der Waals surface area contributed by atoms with Gasteiger partial charge < -0.3 is 5.32 Å². The molecule has 2 aromatic carbocycles. The summed E-state index contributed by atoms with van der Waals surface area (Å²) in [7, 11) is -3.86. The van der Waals surface area contributed by atoms with E-state index in [-0.39, 0.29) is 23.4 Å². The number of hydrogen-bond acceptors (Lipinski definition) is 3. The third-order valence-corrected chi connectivity index (χ3v) is 5.76. The fourth-order valence-electron chi connectivity index (χ4n) is 2.69. The van der Waals surface area contributed by atoms with Crippen molar-refractivity contribution in [2.45, 2.75) is 45.1 Å². The Morgan fingerprint density at radius 2 is 1.69 bits per heavy atom. The molecule has 0 radical (unpaired) electrons. The lowest BCUT2D eigenvalue weighted by atomic mass is 10.1. The third kappa shape index (κ3) is 4.64. The van der Waals surface area contributed by atoms with Crippen LogP contribution in [0.15, 0.2) is 53.4 Å². The first-order chi connectivity index (χ1) is 12.3. The minimum atomic E-state index is -3.86. The van der Waals surface area contributed by atoms with Crippen molar-refractivity contribution in [2.75, 3.05) is 10.8 Å². The van der Waals surface area contributed by atoms with Gasteiger partial charge in [-0.1, -0.05) is 42.8 Å². The number of aryl methyl sites for hydroxylation is 2. The Balaban J connectivity index is 2.52. The number of para-hydroxylation sites is 1. The molecule has 140 valence electrons. The quantitative estimate of drug-likeness (QED) is 0.809. The largest absolute Gasteiger partial charge is 0.352 e. The molecule has 5 nitrogen and oxygen atoms in total. The fourth-order valence-corrected chi connectivity index (χ4v) is 4.15. The van der Waals surface area contributed by atoms with Crippen LogP contribution in [0, 0.1) is 6.92 Å². The number of nitrogens with zero attached hydrogens (tertiary/aromatic N) is 1. The summed E-state index contributed by atoms with van der Waals surface area (Å²) in [6, 6.07) is 13.9. The number of carbonyl (C=O) groups excluding carboxylic acids is 1. The molecule has 26 heavy (non-hydrogen) atoms. The number of sulfonamides is 1. The van der Waals surface area contributed by atoms with Crippen LogP contribution in [0.3, 0.4) is 0 Å². The van der Waals surface area contributed by atoms with Crippen LogP contribution in [0.4, 0.5) is 5.69 Å². The Labute approximate surface area is 156 Å². The zero-order valence-electron chi connectivity index (χ0n) is 15.7. The summed E-state index contributed by atoms with van der Waals surface area (Å²) in [4.78, 5) is 12.5. The van der Waals surface area contributed by atoms with Crippen LogP contribution in [-0.2, 0) is 21.2 Å². The molecule has 0 aliphatic carbocycles. The summed E-state index contributed by atoms with van der Waals surface area (Å²) in [5, 5.41) is 2.77. The molecule has 0 bridgehead atoms. The van der Waals surface area contributed by atoms with Gasteiger partial charge >= 0.3 is 0 Å². The van der Waals surface area contributed by atoms with Gasteiger partial charge in [0.1, 0.15) is 6.54 Å². The van der Waals surface area contributed by atoms with Crippen molar-refractivity contribution in [3.63, 3.8) is 0 Å². The minimum Gasteiger partial charge on any atom is -0.352 e. The molecular weight excluding hydrogens is 348 g/mol. The first-order valence-electron chi connectivity index (χ1n) is 8.72. The predicted molar refractivity (Wildman–Crippen MR) is 105 cm³/mol. The second-order valence-electron chi connectivity index (χ2n) is 6.53. The highest BCUT2D eigenvalue weighted by atomic mass is 32.2. The number of hydrogen-bond donors (Lipinski definition) is 1. The van der Waals surface area contributed by atoms with Crippen LogP contribution < -0.4 is 9.62 Å². The fraction of sp³-hybridized carbons (Fsp3) is 0.350. The van der Waals surface area contributed by atoms with Crippen LogP contribution in [0.2, 0.25) is 0 Å². The third-order valence-electron chi connectivity index (χ3n) is 3.99. The maximum atomic E-state index is 13.3. The van der Waals surface area contributed by atoms with Crippen molar-refractivity contribution < 1.29 is 13.2 Å². The molecule has 1 amide bonds. The van der Waals surface area contributed by atoms with Gasteiger partial charge in [0.25, 0.3) is 10.0 Å². The summed E-state index contributed by atoms with van der Waals surface area (Å²) < 4.78 is 27.8. The standard InChI is InChI=1S/C20H26N2O3S/c1-5-17-8-6-7-9-19(17)22(14-20(23)21-15(2)3)26(24,25)18-12-10-16(4)11-13-18/h6-13,15H,5,14H2,1-4H3,(H,21,23). The Morgan fingerprint density at radius 1 is 1.08 bits per heavy atom. The number of nitrogens with one attached hydrogen (secondary N) is 1. The van der Waals surface area contributed by atoms with Gasteiger partial charge in [0.15, 0.2) is 0 Å². The van der Waals surface area contributed by atoms with Crippen molar-refractivity contribution in [2.24, 2.45) is 0 Å². The molecule has 0 aliphatic heterocycles. The number of benzene rings is 2. The van der Waals surface area contributed by atoms with Gasteiger partial charge in [0.05, 0.1) is 10.6 Å². The first-order valence-corrected chi connectivity index (χ1v) is 10.2. The van der Waals surface area contributed by atoms with Crippen LogP contribution in [-0.4, -0.2) is 26.9 Å². The molecule has 0 aliphatic rings. The Morgan fingerprint density at radius 3 is 2.27 bits per heavy atom. The van der Waals surface area contributed by atoms with Gasteiger partial charge in [-0.05, 0) is 51.0 Å². The molecular formula is C20H26N2O3S. The van der Waals surface area contributed by atoms with E-state index in [4.69, 9.17) is 0 Å². The zero-order chi connectivity index (χ0) is 19.3. The molecule has 0 aromatic heterocycles. The molecule has 2 aromatic rings. The molecule has 0 atom stereocenters. The molecule has 2 rings (SSSR count). The highest BCUT2D eigenvalue weighted by Crippen LogP contribution is 2.27. The monoisotopic (exact) mass is 374 g/mol. The van der Waals surface area contributed by atoms with Gasteiger partial charge in [-0.25, -0.2) is 8.42 Å². The van der Waals surface area contributed by atoms with E-state index < -0.39 is 10.0 Å². The van der Waals surface area contributed by atoms with Crippen molar-refractivity contribution in [3.8, 4) is 0 Å². The average Bonchev–Trinajstić information content (AvgIpc) is 2.59. The highest BCUT2D eigenvalue weighted by molar-refractivity contribution is 7.92. The predicted octanol–water partition coefficient (Wildman–Crippen LogP) is 3.28. The average molecular weight is 375 g/mol.